The number of aliphatic carboxylic acids is 1. The second-order valence-corrected chi connectivity index (χ2v) is 16.6. The number of carboxylic acid groups (broad SMARTS) is 1. The van der Waals surface area contributed by atoms with Gasteiger partial charge >= 0.3 is 11.9 Å². The maximum Gasteiger partial charge on any atom is 0.306 e. The van der Waals surface area contributed by atoms with E-state index in [1.165, 1.54) is 38.5 Å². The lowest BCUT2D eigenvalue weighted by molar-refractivity contribution is -0.889. The van der Waals surface area contributed by atoms with Crippen molar-refractivity contribution in [3.05, 3.63) is 85.1 Å². The number of allylic oxidation sites excluding steroid dienone is 14. The molecule has 0 fully saturated rings. The lowest BCUT2D eigenvalue weighted by atomic mass is 10.1. The Morgan fingerprint density at radius 1 is 0.517 bits per heavy atom. The lowest BCUT2D eigenvalue weighted by Crippen LogP contribution is -2.55. The van der Waals surface area contributed by atoms with E-state index in [2.05, 4.69) is 98.9 Å². The van der Waals surface area contributed by atoms with Crippen LogP contribution in [0.3, 0.4) is 0 Å². The zero-order valence-corrected chi connectivity index (χ0v) is 38.8. The van der Waals surface area contributed by atoms with E-state index in [0.29, 0.717) is 6.42 Å². The molecule has 8 nitrogen and oxygen atoms in total. The summed E-state index contributed by atoms with van der Waals surface area (Å²) in [5.41, 5.74) is 0. The molecule has 0 saturated heterocycles. The Hall–Kier alpha value is -3.49. The topological polar surface area (TPSA) is 102 Å². The zero-order valence-electron chi connectivity index (χ0n) is 38.8. The Bertz CT molecular complexity index is 1250. The molecule has 60 heavy (non-hydrogen) atoms. The number of likely N-dealkylation sites (N-methyl/N-ethyl adjacent to an activating group) is 1. The van der Waals surface area contributed by atoms with Crippen molar-refractivity contribution in [1.29, 1.82) is 0 Å². The Morgan fingerprint density at radius 2 is 0.933 bits per heavy atom. The van der Waals surface area contributed by atoms with Gasteiger partial charge in [0.1, 0.15) is 12.6 Å². The molecule has 0 N–H and O–H groups in total. The fraction of sp³-hybridized carbons (Fsp3) is 0.673. The summed E-state index contributed by atoms with van der Waals surface area (Å²) in [6, 6.07) is -0.737. The molecule has 0 aromatic heterocycles. The molecule has 8 heteroatoms. The first-order valence-corrected chi connectivity index (χ1v) is 23.6. The molecule has 0 spiro atoms. The van der Waals surface area contributed by atoms with Gasteiger partial charge in [0, 0.05) is 19.3 Å². The third-order valence-electron chi connectivity index (χ3n) is 10.0. The van der Waals surface area contributed by atoms with Gasteiger partial charge in [0.2, 0.25) is 0 Å². The summed E-state index contributed by atoms with van der Waals surface area (Å²) in [5, 5.41) is 11.6. The van der Waals surface area contributed by atoms with Gasteiger partial charge in [-0.1, -0.05) is 150 Å². The first-order valence-electron chi connectivity index (χ1n) is 23.6. The fourth-order valence-electron chi connectivity index (χ4n) is 6.36. The average Bonchev–Trinajstić information content (AvgIpc) is 3.21. The number of hydrogen-bond acceptors (Lipinski definition) is 7. The third-order valence-corrected chi connectivity index (χ3v) is 10.0. The minimum atomic E-state index is -1.13. The van der Waals surface area contributed by atoms with Crippen LogP contribution in [0, 0.1) is 0 Å². The SMILES string of the molecule is CC/C=C/C/C=C/C/C=C/C/C=C/C/C=C/C/C=C/CCCCCCC(=O)OC(COCCC(C(=O)[O-])[N+](C)(C)C)COC(=O)CCCCC/C=C/CCCCCCCC. The first-order chi connectivity index (χ1) is 29.1. The van der Waals surface area contributed by atoms with Crippen LogP contribution in [-0.2, 0) is 28.6 Å². The molecule has 0 amide bonds. The summed E-state index contributed by atoms with van der Waals surface area (Å²) in [6.45, 7) is 4.48. The lowest BCUT2D eigenvalue weighted by Gasteiger charge is -2.34. The number of esters is 2. The van der Waals surface area contributed by atoms with E-state index in [-0.39, 0.29) is 49.1 Å². The van der Waals surface area contributed by atoms with Gasteiger partial charge in [-0.05, 0) is 89.9 Å². The standard InChI is InChI=1S/C52H87NO7/c1-6-8-10-12-14-16-18-20-21-22-23-24-25-26-27-28-29-31-33-35-37-39-41-43-51(55)60-48(46-58-45-44-49(52(56)57)53(3,4)5)47-59-50(54)42-40-38-36-34-32-30-19-17-15-13-11-9-7-2/h8,10,14,16,20-21,23-24,26-27,29-32,48-49H,6-7,9,11-13,15,17-19,22,25,28,33-47H2,1-5H3/b10-8+,16-14+,21-20+,24-23+,27-26+,31-29+,32-30+. The van der Waals surface area contributed by atoms with E-state index < -0.39 is 18.1 Å². The molecule has 0 saturated carbocycles. The molecular weight excluding hydrogens is 751 g/mol. The summed E-state index contributed by atoms with van der Waals surface area (Å²) in [6.07, 6.45) is 54.7. The van der Waals surface area contributed by atoms with Crippen molar-refractivity contribution >= 4 is 17.9 Å². The Kier molecular flexibility index (Phi) is 39.8. The molecule has 0 aromatic carbocycles. The van der Waals surface area contributed by atoms with Gasteiger partial charge in [-0.15, -0.1) is 0 Å². The number of rotatable bonds is 41. The largest absolute Gasteiger partial charge is 0.544 e. The van der Waals surface area contributed by atoms with Crippen LogP contribution >= 0.6 is 0 Å². The number of hydrogen-bond donors (Lipinski definition) is 0. The summed E-state index contributed by atoms with van der Waals surface area (Å²) >= 11 is 0. The molecule has 0 aliphatic heterocycles. The van der Waals surface area contributed by atoms with Crippen LogP contribution in [0.5, 0.6) is 0 Å². The summed E-state index contributed by atoms with van der Waals surface area (Å²) in [5.74, 6) is -1.80. The molecule has 342 valence electrons. The van der Waals surface area contributed by atoms with Crippen molar-refractivity contribution in [1.82, 2.24) is 0 Å². The van der Waals surface area contributed by atoms with Crippen molar-refractivity contribution in [3.63, 3.8) is 0 Å². The summed E-state index contributed by atoms with van der Waals surface area (Å²) in [7, 11) is 5.39. The fourth-order valence-corrected chi connectivity index (χ4v) is 6.36. The Morgan fingerprint density at radius 3 is 1.42 bits per heavy atom. The minimum absolute atomic E-state index is 0.0208. The van der Waals surface area contributed by atoms with Gasteiger partial charge in [0.15, 0.2) is 6.10 Å². The maximum absolute atomic E-state index is 12.7. The van der Waals surface area contributed by atoms with Crippen molar-refractivity contribution in [2.75, 3.05) is 41.0 Å². The Labute approximate surface area is 367 Å². The zero-order chi connectivity index (χ0) is 44.2. The highest BCUT2D eigenvalue weighted by Gasteiger charge is 2.25. The van der Waals surface area contributed by atoms with E-state index >= 15 is 0 Å². The number of ether oxygens (including phenoxy) is 3. The van der Waals surface area contributed by atoms with Crippen LogP contribution in [0.4, 0.5) is 0 Å². The molecule has 0 heterocycles. The van der Waals surface area contributed by atoms with E-state index in [0.717, 1.165) is 103 Å². The number of quaternary nitrogens is 1. The van der Waals surface area contributed by atoms with Gasteiger partial charge in [-0.25, -0.2) is 0 Å². The van der Waals surface area contributed by atoms with E-state index in [4.69, 9.17) is 14.2 Å². The van der Waals surface area contributed by atoms with Crippen molar-refractivity contribution in [3.8, 4) is 0 Å². The van der Waals surface area contributed by atoms with Crippen molar-refractivity contribution in [2.24, 2.45) is 0 Å². The van der Waals surface area contributed by atoms with E-state index in [9.17, 15) is 19.5 Å². The van der Waals surface area contributed by atoms with Crippen molar-refractivity contribution in [2.45, 2.75) is 187 Å². The second kappa shape index (κ2) is 42.2. The van der Waals surface area contributed by atoms with Crippen LogP contribution in [0.2, 0.25) is 0 Å². The number of carbonyl (C=O) groups excluding carboxylic acids is 3. The predicted octanol–water partition coefficient (Wildman–Crippen LogP) is 12.0. The average molecular weight is 838 g/mol. The number of carbonyl (C=O) groups is 3. The monoisotopic (exact) mass is 838 g/mol. The van der Waals surface area contributed by atoms with E-state index in [1.807, 2.05) is 0 Å². The van der Waals surface area contributed by atoms with Gasteiger partial charge in [0.05, 0.1) is 40.3 Å². The third kappa shape index (κ3) is 39.9. The molecule has 0 aromatic rings. The quantitative estimate of drug-likeness (QED) is 0.0261. The highest BCUT2D eigenvalue weighted by Crippen LogP contribution is 2.12. The normalized spacial score (nSPS) is 13.7. The molecule has 2 unspecified atom stereocenters. The van der Waals surface area contributed by atoms with Crippen LogP contribution in [-0.4, -0.2) is 75.5 Å². The molecule has 0 radical (unpaired) electrons. The second-order valence-electron chi connectivity index (χ2n) is 16.6. The van der Waals surface area contributed by atoms with Gasteiger partial charge in [-0.3, -0.25) is 9.59 Å². The predicted molar refractivity (Wildman–Crippen MR) is 249 cm³/mol. The van der Waals surface area contributed by atoms with Crippen LogP contribution in [0.1, 0.15) is 174 Å². The molecule has 0 aliphatic rings. The molecule has 2 atom stereocenters. The molecule has 0 aliphatic carbocycles. The Balaban J connectivity index is 4.38. The number of nitrogens with zero attached hydrogens (tertiary/aromatic N) is 1. The number of carboxylic acids is 1. The summed E-state index contributed by atoms with van der Waals surface area (Å²) < 4.78 is 17.1. The molecule has 0 rings (SSSR count). The van der Waals surface area contributed by atoms with Crippen LogP contribution < -0.4 is 5.11 Å². The molecular formula is C52H87NO7. The highest BCUT2D eigenvalue weighted by molar-refractivity contribution is 5.70. The van der Waals surface area contributed by atoms with Crippen LogP contribution in [0.25, 0.3) is 0 Å². The van der Waals surface area contributed by atoms with E-state index in [1.54, 1.807) is 21.1 Å². The smallest absolute Gasteiger partial charge is 0.306 e. The number of unbranched alkanes of at least 4 members (excludes halogenated alkanes) is 13. The summed E-state index contributed by atoms with van der Waals surface area (Å²) in [4.78, 5) is 36.9. The maximum atomic E-state index is 12.7. The highest BCUT2D eigenvalue weighted by atomic mass is 16.6. The van der Waals surface area contributed by atoms with Gasteiger partial charge in [-0.2, -0.15) is 0 Å². The molecule has 0 bridgehead atoms. The minimum Gasteiger partial charge on any atom is -0.544 e. The van der Waals surface area contributed by atoms with Gasteiger partial charge < -0.3 is 28.6 Å². The first kappa shape index (κ1) is 56.5. The van der Waals surface area contributed by atoms with Gasteiger partial charge in [0.25, 0.3) is 0 Å². The van der Waals surface area contributed by atoms with Crippen LogP contribution in [0.15, 0.2) is 85.1 Å². The van der Waals surface area contributed by atoms with Crippen molar-refractivity contribution < 1.29 is 38.2 Å².